The Bertz CT molecular complexity index is 1480. The van der Waals surface area contributed by atoms with Gasteiger partial charge in [0.15, 0.2) is 5.12 Å². The predicted octanol–water partition coefficient (Wildman–Crippen LogP) is 9.00. The zero-order valence-electron chi connectivity index (χ0n) is 41.1. The van der Waals surface area contributed by atoms with Gasteiger partial charge >= 0.3 is 35.4 Å². The standard InChI is InChI=1S/C45H87O20P3S/c1-3-5-6-7-8-9-10-12-15-18-21-24-27-31-37(46)62-36(34-38(47)60-32-28-25-22-19-16-13-11-14-17-20-23-26-29-33-69-39(48)30-4-2)35-61-68(58,59)65-45-41(50)43(63-66(52,53)54)40(49)44(42(45)51)64-67(55,56)57/h36,40-45,49-51H,3-35H2,1-2H3,(H,58,59)(H2,52,53,54)(H2,55,56,57)/t36-,40?,41+,42?,43+,44-,45?/m1/s1. The van der Waals surface area contributed by atoms with Gasteiger partial charge in [-0.05, 0) is 25.7 Å². The van der Waals surface area contributed by atoms with E-state index in [1.165, 1.54) is 88.8 Å². The van der Waals surface area contributed by atoms with Gasteiger partial charge in [-0.1, -0.05) is 173 Å². The molecule has 8 atom stereocenters. The second-order valence-electron chi connectivity index (χ2n) is 18.0. The lowest BCUT2D eigenvalue weighted by Gasteiger charge is -2.44. The number of phosphoric ester groups is 3. The molecule has 24 heteroatoms. The molecule has 0 aliphatic heterocycles. The van der Waals surface area contributed by atoms with Crippen LogP contribution in [0.15, 0.2) is 0 Å². The Morgan fingerprint density at radius 1 is 0.493 bits per heavy atom. The van der Waals surface area contributed by atoms with Crippen LogP contribution < -0.4 is 0 Å². The summed E-state index contributed by atoms with van der Waals surface area (Å²) in [5, 5.41) is 32.2. The van der Waals surface area contributed by atoms with Gasteiger partial charge in [0.05, 0.1) is 19.6 Å². The molecule has 0 radical (unpaired) electrons. The summed E-state index contributed by atoms with van der Waals surface area (Å²) in [6.07, 6.45) is 12.6. The molecule has 1 aliphatic rings. The molecule has 4 unspecified atom stereocenters. The van der Waals surface area contributed by atoms with E-state index in [9.17, 15) is 67.9 Å². The van der Waals surface area contributed by atoms with Gasteiger partial charge in [0.1, 0.15) is 42.7 Å². The first-order valence-electron chi connectivity index (χ1n) is 25.4. The minimum absolute atomic E-state index is 0.0230. The summed E-state index contributed by atoms with van der Waals surface area (Å²) in [4.78, 5) is 85.1. The zero-order chi connectivity index (χ0) is 51.6. The van der Waals surface area contributed by atoms with Crippen molar-refractivity contribution in [3.05, 3.63) is 0 Å². The van der Waals surface area contributed by atoms with Crippen molar-refractivity contribution in [1.82, 2.24) is 0 Å². The average molecular weight is 1070 g/mol. The van der Waals surface area contributed by atoms with E-state index in [-0.39, 0.29) is 13.0 Å². The minimum Gasteiger partial charge on any atom is -0.466 e. The molecule has 20 nitrogen and oxygen atoms in total. The van der Waals surface area contributed by atoms with Crippen LogP contribution in [0.2, 0.25) is 0 Å². The SMILES string of the molecule is CCCCCCCCCCCCCCCC(=O)O[C@@H](COP(=O)(O)OC1C(O)[C@H](OP(=O)(O)O)C(O)[C@H](OP(=O)(O)O)[C@@H]1O)CC(=O)OCCCCCCCCCCCCCCCSC(=O)CCC. The number of aliphatic hydroxyl groups excluding tert-OH is 3. The number of hydrogen-bond acceptors (Lipinski definition) is 16. The van der Waals surface area contributed by atoms with Gasteiger partial charge in [-0.3, -0.25) is 32.5 Å². The molecule has 0 bridgehead atoms. The van der Waals surface area contributed by atoms with E-state index >= 15 is 0 Å². The number of phosphoric acid groups is 3. The lowest BCUT2D eigenvalue weighted by atomic mass is 9.85. The van der Waals surface area contributed by atoms with Gasteiger partial charge in [-0.2, -0.15) is 0 Å². The fourth-order valence-corrected chi connectivity index (χ4v) is 11.0. The normalized spacial score (nSPS) is 21.2. The largest absolute Gasteiger partial charge is 0.472 e. The maximum Gasteiger partial charge on any atom is 0.472 e. The van der Waals surface area contributed by atoms with Gasteiger partial charge < -0.3 is 49.3 Å². The topological polar surface area (TPSA) is 320 Å². The summed E-state index contributed by atoms with van der Waals surface area (Å²) >= 11 is 1.46. The number of aliphatic hydroxyl groups is 3. The average Bonchev–Trinajstić information content (AvgIpc) is 3.26. The van der Waals surface area contributed by atoms with E-state index < -0.39 is 91.2 Å². The Labute approximate surface area is 414 Å². The number of carbonyl (C=O) groups is 3. The van der Waals surface area contributed by atoms with Crippen molar-refractivity contribution >= 4 is 52.3 Å². The highest BCUT2D eigenvalue weighted by Crippen LogP contribution is 2.51. The Morgan fingerprint density at radius 2 is 0.884 bits per heavy atom. The van der Waals surface area contributed by atoms with Crippen LogP contribution in [0.1, 0.15) is 206 Å². The van der Waals surface area contributed by atoms with Crippen LogP contribution in [0.4, 0.5) is 0 Å². The van der Waals surface area contributed by atoms with Crippen molar-refractivity contribution in [2.75, 3.05) is 19.0 Å². The lowest BCUT2D eigenvalue weighted by molar-refractivity contribution is -0.213. The van der Waals surface area contributed by atoms with Crippen LogP contribution in [0.5, 0.6) is 0 Å². The zero-order valence-corrected chi connectivity index (χ0v) is 44.6. The maximum absolute atomic E-state index is 13.2. The van der Waals surface area contributed by atoms with Gasteiger partial charge in [0.2, 0.25) is 0 Å². The third-order valence-corrected chi connectivity index (χ3v) is 14.7. The first kappa shape index (κ1) is 66.2. The molecule has 0 aromatic heterocycles. The number of hydrogen-bond donors (Lipinski definition) is 8. The van der Waals surface area contributed by atoms with Crippen molar-refractivity contribution in [2.24, 2.45) is 0 Å². The highest BCUT2D eigenvalue weighted by molar-refractivity contribution is 8.13. The van der Waals surface area contributed by atoms with Crippen LogP contribution >= 0.6 is 35.2 Å². The third-order valence-electron chi connectivity index (χ3n) is 11.7. The van der Waals surface area contributed by atoms with E-state index in [1.807, 2.05) is 6.92 Å². The first-order valence-corrected chi connectivity index (χ1v) is 30.9. The quantitative estimate of drug-likeness (QED) is 0.0160. The monoisotopic (exact) mass is 1070 g/mol. The van der Waals surface area contributed by atoms with E-state index in [4.69, 9.17) is 18.5 Å². The van der Waals surface area contributed by atoms with E-state index in [2.05, 4.69) is 16.0 Å². The molecular weight excluding hydrogens is 985 g/mol. The molecular formula is C45H87O20P3S. The smallest absolute Gasteiger partial charge is 0.466 e. The number of thioether (sulfide) groups is 1. The van der Waals surface area contributed by atoms with Crippen LogP contribution in [0, 0.1) is 0 Å². The highest BCUT2D eigenvalue weighted by atomic mass is 32.2. The second-order valence-corrected chi connectivity index (χ2v) is 23.0. The Kier molecular flexibility index (Phi) is 37.1. The minimum atomic E-state index is -5.56. The van der Waals surface area contributed by atoms with Crippen molar-refractivity contribution in [1.29, 1.82) is 0 Å². The van der Waals surface area contributed by atoms with Gasteiger partial charge in [0.25, 0.3) is 0 Å². The second kappa shape index (κ2) is 38.7. The molecule has 0 aromatic carbocycles. The Balaban J connectivity index is 2.66. The molecule has 0 spiro atoms. The first-order chi connectivity index (χ1) is 32.7. The summed E-state index contributed by atoms with van der Waals surface area (Å²) in [6, 6.07) is 0. The predicted molar refractivity (Wildman–Crippen MR) is 261 cm³/mol. The molecule has 1 rings (SSSR count). The maximum atomic E-state index is 13.2. The molecule has 69 heavy (non-hydrogen) atoms. The van der Waals surface area contributed by atoms with Crippen LogP contribution in [0.25, 0.3) is 0 Å². The highest BCUT2D eigenvalue weighted by Gasteiger charge is 2.56. The third kappa shape index (κ3) is 35.1. The molecule has 0 heterocycles. The molecule has 0 aromatic rings. The van der Waals surface area contributed by atoms with Gasteiger partial charge in [0, 0.05) is 18.6 Å². The number of unbranched alkanes of at least 4 members (excludes halogenated alkanes) is 24. The molecule has 1 saturated carbocycles. The fraction of sp³-hybridized carbons (Fsp3) is 0.933. The summed E-state index contributed by atoms with van der Waals surface area (Å²) in [7, 11) is -16.6. The molecule has 408 valence electrons. The van der Waals surface area contributed by atoms with Gasteiger partial charge in [-0.25, -0.2) is 13.7 Å². The summed E-state index contributed by atoms with van der Waals surface area (Å²) in [5.41, 5.74) is 0. The van der Waals surface area contributed by atoms with Crippen molar-refractivity contribution < 1.29 is 95.4 Å². The van der Waals surface area contributed by atoms with Crippen LogP contribution in [0.3, 0.4) is 0 Å². The van der Waals surface area contributed by atoms with E-state index in [1.54, 1.807) is 0 Å². The van der Waals surface area contributed by atoms with Crippen molar-refractivity contribution in [3.8, 4) is 0 Å². The van der Waals surface area contributed by atoms with E-state index in [0.29, 0.717) is 24.4 Å². The van der Waals surface area contributed by atoms with Crippen LogP contribution in [-0.2, 0) is 55.6 Å². The Morgan fingerprint density at radius 3 is 1.30 bits per heavy atom. The molecule has 0 saturated heterocycles. The Hall–Kier alpha value is -0.830. The lowest BCUT2D eigenvalue weighted by Crippen LogP contribution is -2.65. The molecule has 1 aliphatic carbocycles. The number of carbonyl (C=O) groups excluding carboxylic acids is 3. The number of ether oxygens (including phenoxy) is 2. The fourth-order valence-electron chi connectivity index (χ4n) is 7.93. The number of rotatable bonds is 44. The summed E-state index contributed by atoms with van der Waals surface area (Å²) in [6.45, 7) is 3.34. The van der Waals surface area contributed by atoms with Gasteiger partial charge in [-0.15, -0.1) is 0 Å². The summed E-state index contributed by atoms with van der Waals surface area (Å²) in [5.74, 6) is -0.605. The summed E-state index contributed by atoms with van der Waals surface area (Å²) < 4.78 is 65.6. The number of esters is 2. The van der Waals surface area contributed by atoms with Crippen LogP contribution in [-0.4, -0.2) is 119 Å². The van der Waals surface area contributed by atoms with E-state index in [0.717, 1.165) is 89.2 Å². The van der Waals surface area contributed by atoms with Crippen molar-refractivity contribution in [3.63, 3.8) is 0 Å². The molecule has 1 fully saturated rings. The van der Waals surface area contributed by atoms with Crippen molar-refractivity contribution in [2.45, 2.75) is 249 Å². The molecule has 8 N–H and O–H groups in total. The molecule has 0 amide bonds.